The van der Waals surface area contributed by atoms with E-state index in [4.69, 9.17) is 0 Å². The molecule has 1 heterocycles. The number of nitrogens with one attached hydrogen (secondary N) is 1. The topological polar surface area (TPSA) is 32.3 Å². The molecular weight excluding hydrogens is 236 g/mol. The first-order valence-corrected chi connectivity index (χ1v) is 7.16. The Labute approximate surface area is 116 Å². The predicted octanol–water partition coefficient (Wildman–Crippen LogP) is 2.09. The van der Waals surface area contributed by atoms with Gasteiger partial charge in [0.15, 0.2) is 0 Å². The van der Waals surface area contributed by atoms with Gasteiger partial charge in [-0.15, -0.1) is 0 Å². The van der Waals surface area contributed by atoms with Gasteiger partial charge in [0.25, 0.3) is 0 Å². The molecule has 1 N–H and O–H groups in total. The maximum atomic E-state index is 12.3. The number of amides is 1. The molecule has 1 aromatic rings. The average Bonchev–Trinajstić information content (AvgIpc) is 2.42. The number of piperazine rings is 1. The van der Waals surface area contributed by atoms with Crippen molar-refractivity contribution in [3.63, 3.8) is 0 Å². The zero-order chi connectivity index (χ0) is 13.8. The van der Waals surface area contributed by atoms with Crippen LogP contribution in [0.2, 0.25) is 0 Å². The van der Waals surface area contributed by atoms with Gasteiger partial charge in [-0.05, 0) is 29.5 Å². The van der Waals surface area contributed by atoms with Gasteiger partial charge in [0, 0.05) is 26.2 Å². The number of carbonyl (C=O) groups is 1. The molecule has 0 atom stereocenters. The zero-order valence-corrected chi connectivity index (χ0v) is 12.2. The third kappa shape index (κ3) is 3.57. The summed E-state index contributed by atoms with van der Waals surface area (Å²) in [5.41, 5.74) is 3.70. The Kier molecular flexibility index (Phi) is 4.59. The summed E-state index contributed by atoms with van der Waals surface area (Å²) in [6, 6.07) is 6.49. The van der Waals surface area contributed by atoms with Crippen molar-refractivity contribution < 1.29 is 4.79 Å². The first kappa shape index (κ1) is 14.1. The smallest absolute Gasteiger partial charge is 0.227 e. The molecule has 3 heteroatoms. The largest absolute Gasteiger partial charge is 0.340 e. The molecule has 0 saturated carbocycles. The number of aryl methyl sites for hydroxylation is 1. The molecule has 2 rings (SSSR count). The fraction of sp³-hybridized carbons (Fsp3) is 0.562. The van der Waals surface area contributed by atoms with Gasteiger partial charge in [-0.1, -0.05) is 32.0 Å². The summed E-state index contributed by atoms with van der Waals surface area (Å²) in [7, 11) is 0. The lowest BCUT2D eigenvalue weighted by atomic mass is 9.96. The molecule has 1 aliphatic rings. The molecule has 104 valence electrons. The van der Waals surface area contributed by atoms with Gasteiger partial charge >= 0.3 is 0 Å². The van der Waals surface area contributed by atoms with Crippen molar-refractivity contribution in [3.8, 4) is 0 Å². The Morgan fingerprint density at radius 3 is 2.63 bits per heavy atom. The molecule has 3 nitrogen and oxygen atoms in total. The van der Waals surface area contributed by atoms with Crippen molar-refractivity contribution in [2.24, 2.45) is 0 Å². The van der Waals surface area contributed by atoms with Crippen molar-refractivity contribution in [2.75, 3.05) is 26.2 Å². The number of carbonyl (C=O) groups excluding carboxylic acids is 1. The molecule has 0 aliphatic carbocycles. The lowest BCUT2D eigenvalue weighted by Crippen LogP contribution is -2.47. The molecule has 1 aromatic carbocycles. The van der Waals surface area contributed by atoms with Crippen LogP contribution in [0.15, 0.2) is 18.2 Å². The molecule has 0 bridgehead atoms. The van der Waals surface area contributed by atoms with Crippen molar-refractivity contribution in [1.29, 1.82) is 0 Å². The summed E-state index contributed by atoms with van der Waals surface area (Å²) < 4.78 is 0. The predicted molar refractivity (Wildman–Crippen MR) is 78.4 cm³/mol. The van der Waals surface area contributed by atoms with Crippen LogP contribution in [0.4, 0.5) is 0 Å². The van der Waals surface area contributed by atoms with Crippen LogP contribution < -0.4 is 5.32 Å². The zero-order valence-electron chi connectivity index (χ0n) is 12.2. The quantitative estimate of drug-likeness (QED) is 0.902. The highest BCUT2D eigenvalue weighted by Gasteiger charge is 2.17. The minimum atomic E-state index is 0.255. The molecule has 0 radical (unpaired) electrons. The van der Waals surface area contributed by atoms with Crippen LogP contribution in [0.25, 0.3) is 0 Å². The minimum absolute atomic E-state index is 0.255. The Morgan fingerprint density at radius 2 is 2.00 bits per heavy atom. The highest BCUT2D eigenvalue weighted by Crippen LogP contribution is 2.19. The van der Waals surface area contributed by atoms with Gasteiger partial charge in [-0.2, -0.15) is 0 Å². The number of hydrogen-bond donors (Lipinski definition) is 1. The summed E-state index contributed by atoms with van der Waals surface area (Å²) >= 11 is 0. The van der Waals surface area contributed by atoms with E-state index >= 15 is 0 Å². The van der Waals surface area contributed by atoms with E-state index in [1.54, 1.807) is 0 Å². The number of benzene rings is 1. The van der Waals surface area contributed by atoms with Gasteiger partial charge in [0.1, 0.15) is 0 Å². The second-order valence-corrected chi connectivity index (χ2v) is 5.65. The van der Waals surface area contributed by atoms with Crippen molar-refractivity contribution in [2.45, 2.75) is 33.1 Å². The molecule has 0 aromatic heterocycles. The standard InChI is InChI=1S/C16H24N2O/c1-12(2)14-5-4-13(3)15(10-14)11-16(19)18-8-6-17-7-9-18/h4-5,10,12,17H,6-9,11H2,1-3H3. The van der Waals surface area contributed by atoms with Gasteiger partial charge in [-0.3, -0.25) is 4.79 Å². The Bertz CT molecular complexity index is 448. The van der Waals surface area contributed by atoms with E-state index in [0.717, 1.165) is 26.2 Å². The summed E-state index contributed by atoms with van der Waals surface area (Å²) in [6.07, 6.45) is 0.534. The van der Waals surface area contributed by atoms with E-state index in [0.29, 0.717) is 12.3 Å². The van der Waals surface area contributed by atoms with Gasteiger partial charge in [0.2, 0.25) is 5.91 Å². The third-order valence-electron chi connectivity index (χ3n) is 3.85. The number of rotatable bonds is 3. The van der Waals surface area contributed by atoms with E-state index in [2.05, 4.69) is 44.3 Å². The molecule has 0 unspecified atom stereocenters. The second-order valence-electron chi connectivity index (χ2n) is 5.65. The minimum Gasteiger partial charge on any atom is -0.340 e. The summed E-state index contributed by atoms with van der Waals surface area (Å²) in [5.74, 6) is 0.763. The van der Waals surface area contributed by atoms with E-state index in [1.807, 2.05) is 4.90 Å². The Hall–Kier alpha value is -1.35. The van der Waals surface area contributed by atoms with Crippen molar-refractivity contribution in [1.82, 2.24) is 10.2 Å². The van der Waals surface area contributed by atoms with Crippen LogP contribution >= 0.6 is 0 Å². The molecule has 1 saturated heterocycles. The van der Waals surface area contributed by atoms with Gasteiger partial charge in [0.05, 0.1) is 6.42 Å². The molecule has 1 amide bonds. The number of nitrogens with zero attached hydrogens (tertiary/aromatic N) is 1. The van der Waals surface area contributed by atoms with Crippen LogP contribution in [0, 0.1) is 6.92 Å². The highest BCUT2D eigenvalue weighted by molar-refractivity contribution is 5.79. The van der Waals surface area contributed by atoms with Crippen molar-refractivity contribution >= 4 is 5.91 Å². The Balaban J connectivity index is 2.09. The van der Waals surface area contributed by atoms with E-state index in [9.17, 15) is 4.79 Å². The molecular formula is C16H24N2O. The lowest BCUT2D eigenvalue weighted by molar-refractivity contribution is -0.131. The first-order chi connectivity index (χ1) is 9.08. The van der Waals surface area contributed by atoms with E-state index in [-0.39, 0.29) is 5.91 Å². The van der Waals surface area contributed by atoms with E-state index < -0.39 is 0 Å². The van der Waals surface area contributed by atoms with Gasteiger partial charge < -0.3 is 10.2 Å². The van der Waals surface area contributed by atoms with Crippen LogP contribution in [0.5, 0.6) is 0 Å². The van der Waals surface area contributed by atoms with Crippen LogP contribution in [0.1, 0.15) is 36.5 Å². The fourth-order valence-corrected chi connectivity index (χ4v) is 2.43. The van der Waals surface area contributed by atoms with Crippen LogP contribution in [0.3, 0.4) is 0 Å². The maximum Gasteiger partial charge on any atom is 0.227 e. The molecule has 19 heavy (non-hydrogen) atoms. The van der Waals surface area contributed by atoms with Gasteiger partial charge in [-0.25, -0.2) is 0 Å². The maximum absolute atomic E-state index is 12.3. The molecule has 1 aliphatic heterocycles. The molecule has 0 spiro atoms. The lowest BCUT2D eigenvalue weighted by Gasteiger charge is -2.27. The normalized spacial score (nSPS) is 15.9. The SMILES string of the molecule is Cc1ccc(C(C)C)cc1CC(=O)N1CCNCC1. The van der Waals surface area contributed by atoms with E-state index in [1.165, 1.54) is 16.7 Å². The number of hydrogen-bond acceptors (Lipinski definition) is 2. The Morgan fingerprint density at radius 1 is 1.32 bits per heavy atom. The third-order valence-corrected chi connectivity index (χ3v) is 3.85. The van der Waals surface area contributed by atoms with Crippen LogP contribution in [-0.2, 0) is 11.2 Å². The van der Waals surface area contributed by atoms with Crippen LogP contribution in [-0.4, -0.2) is 37.0 Å². The molecule has 1 fully saturated rings. The highest BCUT2D eigenvalue weighted by atomic mass is 16.2. The summed E-state index contributed by atoms with van der Waals surface area (Å²) in [5, 5.41) is 3.27. The second kappa shape index (κ2) is 6.20. The average molecular weight is 260 g/mol. The summed E-state index contributed by atoms with van der Waals surface area (Å²) in [6.45, 7) is 9.96. The summed E-state index contributed by atoms with van der Waals surface area (Å²) in [4.78, 5) is 14.3. The first-order valence-electron chi connectivity index (χ1n) is 7.16. The monoisotopic (exact) mass is 260 g/mol. The fourth-order valence-electron chi connectivity index (χ4n) is 2.43. The van der Waals surface area contributed by atoms with Crippen molar-refractivity contribution in [3.05, 3.63) is 34.9 Å².